The first-order valence-electron chi connectivity index (χ1n) is 6.87. The number of carbonyl (C=O) groups is 1. The van der Waals surface area contributed by atoms with E-state index >= 15 is 0 Å². The summed E-state index contributed by atoms with van der Waals surface area (Å²) in [6.45, 7) is 2.26. The fourth-order valence-corrected chi connectivity index (χ4v) is 1.64. The Labute approximate surface area is 128 Å². The van der Waals surface area contributed by atoms with Crippen LogP contribution in [0.3, 0.4) is 0 Å². The number of hydrogen-bond acceptors (Lipinski definition) is 5. The maximum absolute atomic E-state index is 11.7. The summed E-state index contributed by atoms with van der Waals surface area (Å²) in [6, 6.07) is 12.6. The van der Waals surface area contributed by atoms with Gasteiger partial charge in [-0.1, -0.05) is 18.2 Å². The summed E-state index contributed by atoms with van der Waals surface area (Å²) in [4.78, 5) is 15.7. The van der Waals surface area contributed by atoms with Crippen molar-refractivity contribution in [2.45, 2.75) is 6.92 Å². The van der Waals surface area contributed by atoms with Crippen LogP contribution in [0.5, 0.6) is 11.5 Å². The third kappa shape index (κ3) is 4.90. The Kier molecular flexibility index (Phi) is 5.92. The van der Waals surface area contributed by atoms with Gasteiger partial charge in [0.1, 0.15) is 0 Å². The molecule has 6 heteroatoms. The molecule has 0 aliphatic carbocycles. The zero-order valence-corrected chi connectivity index (χ0v) is 12.2. The molecule has 2 aromatic rings. The fourth-order valence-electron chi connectivity index (χ4n) is 1.64. The highest BCUT2D eigenvalue weighted by molar-refractivity contribution is 5.81. The molecule has 2 rings (SSSR count). The molecule has 1 amide bonds. The lowest BCUT2D eigenvalue weighted by molar-refractivity contribution is -0.123. The fraction of sp³-hybridized carbons (Fsp3) is 0.188. The zero-order chi connectivity index (χ0) is 15.6. The van der Waals surface area contributed by atoms with Crippen molar-refractivity contribution in [2.24, 2.45) is 5.10 Å². The Hall–Kier alpha value is -2.89. The smallest absolute Gasteiger partial charge is 0.277 e. The number of amides is 1. The lowest BCUT2D eigenvalue weighted by atomic mass is 10.3. The molecule has 0 atom stereocenters. The number of pyridine rings is 1. The van der Waals surface area contributed by atoms with Gasteiger partial charge in [-0.2, -0.15) is 5.10 Å². The van der Waals surface area contributed by atoms with E-state index in [1.165, 1.54) is 6.21 Å². The van der Waals surface area contributed by atoms with Gasteiger partial charge >= 0.3 is 0 Å². The van der Waals surface area contributed by atoms with Crippen molar-refractivity contribution in [3.8, 4) is 11.5 Å². The summed E-state index contributed by atoms with van der Waals surface area (Å²) < 4.78 is 10.8. The zero-order valence-electron chi connectivity index (χ0n) is 12.2. The van der Waals surface area contributed by atoms with Gasteiger partial charge in [-0.05, 0) is 31.2 Å². The average Bonchev–Trinajstić information content (AvgIpc) is 2.55. The van der Waals surface area contributed by atoms with Crippen LogP contribution < -0.4 is 14.9 Å². The highest BCUT2D eigenvalue weighted by Crippen LogP contribution is 2.26. The van der Waals surface area contributed by atoms with Crippen LogP contribution in [0.4, 0.5) is 0 Å². The molecule has 0 unspecified atom stereocenters. The second-order valence-corrected chi connectivity index (χ2v) is 4.22. The summed E-state index contributed by atoms with van der Waals surface area (Å²) in [7, 11) is 0. The minimum absolute atomic E-state index is 0.149. The van der Waals surface area contributed by atoms with Crippen LogP contribution in [0.15, 0.2) is 53.8 Å². The van der Waals surface area contributed by atoms with Crippen LogP contribution in [-0.4, -0.2) is 30.3 Å². The molecule has 0 fully saturated rings. The molecule has 0 saturated carbocycles. The summed E-state index contributed by atoms with van der Waals surface area (Å²) >= 11 is 0. The van der Waals surface area contributed by atoms with Crippen LogP contribution in [0.2, 0.25) is 0 Å². The van der Waals surface area contributed by atoms with Gasteiger partial charge in [-0.3, -0.25) is 9.78 Å². The van der Waals surface area contributed by atoms with E-state index in [-0.39, 0.29) is 12.5 Å². The van der Waals surface area contributed by atoms with Crippen molar-refractivity contribution in [1.29, 1.82) is 0 Å². The van der Waals surface area contributed by atoms with Crippen LogP contribution in [0, 0.1) is 0 Å². The maximum Gasteiger partial charge on any atom is 0.277 e. The summed E-state index contributed by atoms with van der Waals surface area (Å²) in [6.07, 6.45) is 3.11. The summed E-state index contributed by atoms with van der Waals surface area (Å²) in [5.41, 5.74) is 3.04. The Morgan fingerprint density at radius 2 is 1.91 bits per heavy atom. The Balaban J connectivity index is 1.82. The monoisotopic (exact) mass is 299 g/mol. The number of rotatable bonds is 7. The molecule has 1 N–H and O–H groups in total. The number of nitrogens with one attached hydrogen (secondary N) is 1. The number of carbonyl (C=O) groups excluding carboxylic acids is 1. The van der Waals surface area contributed by atoms with E-state index in [0.717, 1.165) is 0 Å². The second-order valence-electron chi connectivity index (χ2n) is 4.22. The van der Waals surface area contributed by atoms with E-state index in [0.29, 0.717) is 23.8 Å². The molecular formula is C16H17N3O3. The molecule has 0 spiro atoms. The van der Waals surface area contributed by atoms with Crippen molar-refractivity contribution >= 4 is 12.1 Å². The van der Waals surface area contributed by atoms with Crippen LogP contribution in [0.25, 0.3) is 0 Å². The molecule has 0 aliphatic heterocycles. The van der Waals surface area contributed by atoms with E-state index in [1.54, 1.807) is 30.5 Å². The van der Waals surface area contributed by atoms with Gasteiger partial charge < -0.3 is 9.47 Å². The molecule has 1 heterocycles. The number of benzene rings is 1. The second kappa shape index (κ2) is 8.41. The van der Waals surface area contributed by atoms with Gasteiger partial charge in [0.25, 0.3) is 5.91 Å². The average molecular weight is 299 g/mol. The normalized spacial score (nSPS) is 10.4. The van der Waals surface area contributed by atoms with Crippen molar-refractivity contribution < 1.29 is 14.3 Å². The standard InChI is InChI=1S/C16H17N3O3/c1-2-21-14-8-3-4-9-15(14)22-12-16(20)19-18-11-13-7-5-6-10-17-13/h3-11H,2,12H2,1H3,(H,19,20)/b18-11+. The lowest BCUT2D eigenvalue weighted by Crippen LogP contribution is -2.24. The Bertz CT molecular complexity index is 630. The maximum atomic E-state index is 11.7. The van der Waals surface area contributed by atoms with Gasteiger partial charge in [-0.15, -0.1) is 0 Å². The first kappa shape index (κ1) is 15.5. The van der Waals surface area contributed by atoms with Crippen molar-refractivity contribution in [3.63, 3.8) is 0 Å². The first-order valence-corrected chi connectivity index (χ1v) is 6.87. The van der Waals surface area contributed by atoms with E-state index in [4.69, 9.17) is 9.47 Å². The van der Waals surface area contributed by atoms with Crippen molar-refractivity contribution in [3.05, 3.63) is 54.4 Å². The largest absolute Gasteiger partial charge is 0.490 e. The molecule has 0 saturated heterocycles. The Morgan fingerprint density at radius 3 is 2.59 bits per heavy atom. The van der Waals surface area contributed by atoms with Gasteiger partial charge in [0.2, 0.25) is 0 Å². The highest BCUT2D eigenvalue weighted by atomic mass is 16.5. The van der Waals surface area contributed by atoms with Crippen LogP contribution >= 0.6 is 0 Å². The molecule has 0 radical (unpaired) electrons. The van der Waals surface area contributed by atoms with Crippen molar-refractivity contribution in [2.75, 3.05) is 13.2 Å². The predicted molar refractivity (Wildman–Crippen MR) is 83.1 cm³/mol. The van der Waals surface area contributed by atoms with Gasteiger partial charge in [0.15, 0.2) is 18.1 Å². The van der Waals surface area contributed by atoms with Crippen LogP contribution in [0.1, 0.15) is 12.6 Å². The lowest BCUT2D eigenvalue weighted by Gasteiger charge is -2.10. The third-order valence-electron chi connectivity index (χ3n) is 2.58. The molecule has 1 aromatic carbocycles. The van der Waals surface area contributed by atoms with E-state index < -0.39 is 0 Å². The van der Waals surface area contributed by atoms with Crippen molar-refractivity contribution in [1.82, 2.24) is 10.4 Å². The first-order chi connectivity index (χ1) is 10.8. The molecule has 114 valence electrons. The quantitative estimate of drug-likeness (QED) is 0.627. The van der Waals surface area contributed by atoms with E-state index in [1.807, 2.05) is 25.1 Å². The topological polar surface area (TPSA) is 72.8 Å². The molecule has 1 aromatic heterocycles. The Morgan fingerprint density at radius 1 is 1.18 bits per heavy atom. The minimum atomic E-state index is -0.363. The summed E-state index contributed by atoms with van der Waals surface area (Å²) in [5.74, 6) is 0.765. The number of hydrazone groups is 1. The number of para-hydroxylation sites is 2. The number of nitrogens with zero attached hydrogens (tertiary/aromatic N) is 2. The highest BCUT2D eigenvalue weighted by Gasteiger charge is 2.06. The molecular weight excluding hydrogens is 282 g/mol. The van der Waals surface area contributed by atoms with E-state index in [9.17, 15) is 4.79 Å². The number of hydrogen-bond donors (Lipinski definition) is 1. The minimum Gasteiger partial charge on any atom is -0.490 e. The summed E-state index contributed by atoms with van der Waals surface area (Å²) in [5, 5.41) is 3.81. The van der Waals surface area contributed by atoms with Crippen LogP contribution in [-0.2, 0) is 4.79 Å². The molecule has 0 aliphatic rings. The predicted octanol–water partition coefficient (Wildman–Crippen LogP) is 2.01. The third-order valence-corrected chi connectivity index (χ3v) is 2.58. The van der Waals surface area contributed by atoms with Gasteiger partial charge in [0.05, 0.1) is 18.5 Å². The molecule has 6 nitrogen and oxygen atoms in total. The number of aromatic nitrogens is 1. The van der Waals surface area contributed by atoms with Gasteiger partial charge in [0, 0.05) is 6.20 Å². The van der Waals surface area contributed by atoms with E-state index in [2.05, 4.69) is 15.5 Å². The molecule has 22 heavy (non-hydrogen) atoms. The van der Waals surface area contributed by atoms with Gasteiger partial charge in [-0.25, -0.2) is 5.43 Å². The number of ether oxygens (including phenoxy) is 2. The SMILES string of the molecule is CCOc1ccccc1OCC(=O)N/N=C/c1ccccn1. The molecule has 0 bridgehead atoms.